The van der Waals surface area contributed by atoms with Gasteiger partial charge in [-0.05, 0) is 19.8 Å². The van der Waals surface area contributed by atoms with Gasteiger partial charge in [0.2, 0.25) is 0 Å². The Labute approximate surface area is 166 Å². The molecule has 1 spiro atoms. The molecule has 2 fully saturated rings. The second kappa shape index (κ2) is 9.02. The summed E-state index contributed by atoms with van der Waals surface area (Å²) < 4.78 is 38.8. The summed E-state index contributed by atoms with van der Waals surface area (Å²) in [4.78, 5) is 22.3. The Hall–Kier alpha value is -2.30. The largest absolute Gasteiger partial charge is 0.497 e. The molecule has 1 amide bonds. The molecule has 10 heteroatoms. The number of likely N-dealkylation sites (tertiary alicyclic amines) is 1. The first-order valence-electron chi connectivity index (χ1n) is 9.06. The first kappa shape index (κ1) is 23.0. The number of benzene rings is 1. The van der Waals surface area contributed by atoms with Crippen molar-refractivity contribution in [3.8, 4) is 5.75 Å². The summed E-state index contributed by atoms with van der Waals surface area (Å²) in [6.07, 6.45) is -0.221. The molecule has 0 unspecified atom stereocenters. The van der Waals surface area contributed by atoms with Gasteiger partial charge in [-0.25, -0.2) is 8.78 Å². The van der Waals surface area contributed by atoms with Gasteiger partial charge < -0.3 is 29.7 Å². The summed E-state index contributed by atoms with van der Waals surface area (Å²) in [5.74, 6) is -2.72. The highest BCUT2D eigenvalue weighted by Gasteiger charge is 2.53. The van der Waals surface area contributed by atoms with E-state index < -0.39 is 40.4 Å². The summed E-state index contributed by atoms with van der Waals surface area (Å²) in [7, 11) is 1.28. The van der Waals surface area contributed by atoms with E-state index in [2.05, 4.69) is 0 Å². The molecule has 2 saturated heterocycles. The highest BCUT2D eigenvalue weighted by atomic mass is 19.1. The number of halogens is 2. The molecule has 3 rings (SSSR count). The van der Waals surface area contributed by atoms with Crippen molar-refractivity contribution in [1.82, 2.24) is 4.90 Å². The Morgan fingerprint density at radius 1 is 1.28 bits per heavy atom. The number of nitrogens with zero attached hydrogens (tertiary/aromatic N) is 1. The summed E-state index contributed by atoms with van der Waals surface area (Å²) in [6.45, 7) is 1.94. The molecule has 1 aromatic carbocycles. The molecule has 1 aromatic rings. The second-order valence-electron chi connectivity index (χ2n) is 7.29. The van der Waals surface area contributed by atoms with Crippen molar-refractivity contribution in [1.29, 1.82) is 0 Å². The lowest BCUT2D eigenvalue weighted by Gasteiger charge is -2.51. The molecule has 2 atom stereocenters. The van der Waals surface area contributed by atoms with Crippen molar-refractivity contribution in [3.63, 3.8) is 0 Å². The van der Waals surface area contributed by atoms with Crippen LogP contribution in [0.4, 0.5) is 8.78 Å². The van der Waals surface area contributed by atoms with Gasteiger partial charge in [0.15, 0.2) is 0 Å². The average molecular weight is 417 g/mol. The quantitative estimate of drug-likeness (QED) is 0.619. The number of piperidine rings is 1. The maximum atomic E-state index is 14.1. The minimum Gasteiger partial charge on any atom is -0.497 e. The third-order valence-electron chi connectivity index (χ3n) is 5.45. The molecule has 8 nitrogen and oxygen atoms in total. The molecule has 2 aliphatic heterocycles. The summed E-state index contributed by atoms with van der Waals surface area (Å²) in [5.41, 5.74) is -2.84. The van der Waals surface area contributed by atoms with Gasteiger partial charge in [0, 0.05) is 31.6 Å². The molecular formula is C19H25F2NO7. The van der Waals surface area contributed by atoms with Crippen molar-refractivity contribution in [2.45, 2.75) is 43.5 Å². The molecule has 0 saturated carbocycles. The third-order valence-corrected chi connectivity index (χ3v) is 5.45. The van der Waals surface area contributed by atoms with E-state index in [-0.39, 0.29) is 38.2 Å². The summed E-state index contributed by atoms with van der Waals surface area (Å²) >= 11 is 0. The molecular weight excluding hydrogens is 392 g/mol. The molecule has 29 heavy (non-hydrogen) atoms. The Morgan fingerprint density at radius 2 is 1.79 bits per heavy atom. The van der Waals surface area contributed by atoms with Gasteiger partial charge in [-0.1, -0.05) is 0 Å². The van der Waals surface area contributed by atoms with Crippen molar-refractivity contribution in [2.75, 3.05) is 26.8 Å². The van der Waals surface area contributed by atoms with E-state index in [1.54, 1.807) is 6.92 Å². The predicted octanol–water partition coefficient (Wildman–Crippen LogP) is 1.18. The van der Waals surface area contributed by atoms with Gasteiger partial charge in [0.25, 0.3) is 12.4 Å². The molecule has 0 bridgehead atoms. The number of aliphatic hydroxyl groups excluding tert-OH is 1. The number of aliphatic hydroxyl groups is 2. The number of ether oxygens (including phenoxy) is 2. The maximum Gasteiger partial charge on any atom is 0.290 e. The lowest BCUT2D eigenvalue weighted by Crippen LogP contribution is -2.64. The van der Waals surface area contributed by atoms with Crippen molar-refractivity contribution < 1.29 is 43.2 Å². The normalized spacial score (nSPS) is 25.7. The van der Waals surface area contributed by atoms with Crippen LogP contribution in [0.25, 0.3) is 0 Å². The van der Waals surface area contributed by atoms with Gasteiger partial charge in [0.1, 0.15) is 34.7 Å². The molecule has 3 N–H and O–H groups in total. The van der Waals surface area contributed by atoms with Crippen LogP contribution in [-0.4, -0.2) is 76.7 Å². The van der Waals surface area contributed by atoms with Crippen LogP contribution in [0.5, 0.6) is 5.75 Å². The van der Waals surface area contributed by atoms with Crippen molar-refractivity contribution in [2.24, 2.45) is 0 Å². The fraction of sp³-hybridized carbons (Fsp3) is 0.579. The number of amides is 1. The van der Waals surface area contributed by atoms with E-state index in [0.717, 1.165) is 12.1 Å². The molecule has 2 heterocycles. The number of carbonyl (C=O) groups is 2. The van der Waals surface area contributed by atoms with E-state index in [1.807, 2.05) is 0 Å². The van der Waals surface area contributed by atoms with E-state index in [0.29, 0.717) is 13.0 Å². The zero-order chi connectivity index (χ0) is 21.8. The van der Waals surface area contributed by atoms with Crippen LogP contribution in [-0.2, 0) is 9.53 Å². The zero-order valence-corrected chi connectivity index (χ0v) is 16.2. The highest BCUT2D eigenvalue weighted by Crippen LogP contribution is 2.40. The smallest absolute Gasteiger partial charge is 0.290 e. The van der Waals surface area contributed by atoms with Gasteiger partial charge in [-0.2, -0.15) is 0 Å². The maximum absolute atomic E-state index is 14.1. The monoisotopic (exact) mass is 417 g/mol. The van der Waals surface area contributed by atoms with Gasteiger partial charge in [-0.3, -0.25) is 9.59 Å². The van der Waals surface area contributed by atoms with Crippen LogP contribution in [0.1, 0.15) is 36.5 Å². The zero-order valence-electron chi connectivity index (χ0n) is 16.2. The van der Waals surface area contributed by atoms with E-state index in [9.17, 15) is 23.8 Å². The lowest BCUT2D eigenvalue weighted by molar-refractivity contribution is -0.244. The van der Waals surface area contributed by atoms with Gasteiger partial charge in [-0.15, -0.1) is 0 Å². The highest BCUT2D eigenvalue weighted by molar-refractivity contribution is 5.95. The molecule has 2 aliphatic rings. The van der Waals surface area contributed by atoms with Crippen molar-refractivity contribution >= 4 is 12.4 Å². The fourth-order valence-corrected chi connectivity index (χ4v) is 3.78. The van der Waals surface area contributed by atoms with Crippen LogP contribution in [0.15, 0.2) is 12.1 Å². The molecule has 162 valence electrons. The summed E-state index contributed by atoms with van der Waals surface area (Å²) in [5, 5.41) is 27.7. The number of hydrogen-bond donors (Lipinski definition) is 3. The minimum atomic E-state index is -1.27. The Kier molecular flexibility index (Phi) is 7.15. The van der Waals surface area contributed by atoms with Crippen LogP contribution >= 0.6 is 0 Å². The van der Waals surface area contributed by atoms with Crippen molar-refractivity contribution in [3.05, 3.63) is 29.3 Å². The fourth-order valence-electron chi connectivity index (χ4n) is 3.78. The topological polar surface area (TPSA) is 117 Å². The lowest BCUT2D eigenvalue weighted by atomic mass is 9.75. The van der Waals surface area contributed by atoms with Gasteiger partial charge in [0.05, 0.1) is 19.3 Å². The number of carboxylic acid groups (broad SMARTS) is 1. The minimum absolute atomic E-state index is 0.00453. The number of methoxy groups -OCH3 is 1. The molecule has 0 radical (unpaired) electrons. The van der Waals surface area contributed by atoms with Crippen LogP contribution in [0, 0.1) is 11.6 Å². The Morgan fingerprint density at radius 3 is 2.28 bits per heavy atom. The Bertz CT molecular complexity index is 725. The van der Waals surface area contributed by atoms with Gasteiger partial charge >= 0.3 is 0 Å². The summed E-state index contributed by atoms with van der Waals surface area (Å²) in [6, 6.07) is 1.93. The van der Waals surface area contributed by atoms with Crippen LogP contribution in [0.2, 0.25) is 0 Å². The standard InChI is InChI=1S/C18H23F2NO5.CH2O2/c1-17(24)5-8-26-18(16(17)23)3-6-21(7-4-18)15(22)14-12(19)9-11(25-2)10-13(14)20;2-1-3/h9-10,16,23-24H,3-8H2,1-2H3;1H,(H,2,3)/t16-,17+;/m0./s1. The SMILES string of the molecule is COc1cc(F)c(C(=O)N2CCC3(CC2)OCC[C@@](C)(O)[C@@H]3O)c(F)c1.O=CO. The van der Waals surface area contributed by atoms with E-state index >= 15 is 0 Å². The third kappa shape index (κ3) is 4.65. The molecule has 0 aliphatic carbocycles. The predicted molar refractivity (Wildman–Crippen MR) is 96.7 cm³/mol. The van der Waals surface area contributed by atoms with E-state index in [1.165, 1.54) is 12.0 Å². The van der Waals surface area contributed by atoms with E-state index in [4.69, 9.17) is 19.4 Å². The number of hydrogen-bond acceptors (Lipinski definition) is 6. The average Bonchev–Trinajstić information content (AvgIpc) is 2.66. The van der Waals surface area contributed by atoms with Crippen LogP contribution in [0.3, 0.4) is 0 Å². The Balaban J connectivity index is 0.000000941. The molecule has 0 aromatic heterocycles. The number of rotatable bonds is 2. The first-order chi connectivity index (χ1) is 13.6. The number of carbonyl (C=O) groups excluding carboxylic acids is 1. The first-order valence-corrected chi connectivity index (χ1v) is 9.06. The second-order valence-corrected chi connectivity index (χ2v) is 7.29. The van der Waals surface area contributed by atoms with Crippen LogP contribution < -0.4 is 4.74 Å².